The van der Waals surface area contributed by atoms with Crippen molar-refractivity contribution in [1.82, 2.24) is 14.8 Å². The first-order valence-corrected chi connectivity index (χ1v) is 11.3. The number of hydrogen-bond donors (Lipinski definition) is 1. The number of hydrogen-bond acceptors (Lipinski definition) is 6. The lowest BCUT2D eigenvalue weighted by molar-refractivity contribution is -0.113. The first kappa shape index (κ1) is 23.7. The Hall–Kier alpha value is -2.97. The third-order valence-corrected chi connectivity index (χ3v) is 6.16. The molecule has 32 heavy (non-hydrogen) atoms. The van der Waals surface area contributed by atoms with Crippen LogP contribution in [0.1, 0.15) is 17.0 Å². The van der Waals surface area contributed by atoms with Crippen LogP contribution >= 0.6 is 23.4 Å². The van der Waals surface area contributed by atoms with Crippen molar-refractivity contribution in [2.45, 2.75) is 32.2 Å². The molecule has 9 heteroatoms. The van der Waals surface area contributed by atoms with Gasteiger partial charge in [-0.25, -0.2) is 0 Å². The zero-order valence-corrected chi connectivity index (χ0v) is 19.8. The topological polar surface area (TPSA) is 78.3 Å². The average Bonchev–Trinajstić information content (AvgIpc) is 3.16. The van der Waals surface area contributed by atoms with Gasteiger partial charge >= 0.3 is 0 Å². The number of para-hydroxylation sites is 2. The molecule has 0 atom stereocenters. The fourth-order valence-corrected chi connectivity index (χ4v) is 3.92. The highest BCUT2D eigenvalue weighted by Gasteiger charge is 2.15. The molecule has 0 aliphatic carbocycles. The van der Waals surface area contributed by atoms with E-state index < -0.39 is 0 Å². The molecule has 168 valence electrons. The molecular weight excluding hydrogens is 448 g/mol. The Morgan fingerprint density at radius 3 is 2.66 bits per heavy atom. The molecule has 3 aromatic rings. The highest BCUT2D eigenvalue weighted by Crippen LogP contribution is 2.27. The van der Waals surface area contributed by atoms with E-state index in [4.69, 9.17) is 21.1 Å². The van der Waals surface area contributed by atoms with Gasteiger partial charge in [0.15, 0.2) is 11.0 Å². The number of ether oxygens (including phenoxy) is 2. The van der Waals surface area contributed by atoms with Gasteiger partial charge in [0.05, 0.1) is 18.6 Å². The van der Waals surface area contributed by atoms with Crippen molar-refractivity contribution in [3.05, 3.63) is 71.0 Å². The van der Waals surface area contributed by atoms with E-state index in [1.54, 1.807) is 25.3 Å². The minimum Gasteiger partial charge on any atom is -0.495 e. The van der Waals surface area contributed by atoms with Crippen LogP contribution in [-0.4, -0.2) is 33.5 Å². The third-order valence-electron chi connectivity index (χ3n) is 4.60. The average molecular weight is 473 g/mol. The summed E-state index contributed by atoms with van der Waals surface area (Å²) >= 11 is 7.52. The maximum atomic E-state index is 12.4. The smallest absolute Gasteiger partial charge is 0.234 e. The van der Waals surface area contributed by atoms with Gasteiger partial charge in [-0.15, -0.1) is 16.8 Å². The number of thioether (sulfide) groups is 1. The SMILES string of the molecule is C=CCn1c(COc2cc(C)c(Cl)c(C)c2)nnc1SCC(=O)Nc1ccccc1OC. The Balaban J connectivity index is 1.65. The van der Waals surface area contributed by atoms with Gasteiger partial charge in [0.2, 0.25) is 5.91 Å². The van der Waals surface area contributed by atoms with E-state index in [1.165, 1.54) is 11.8 Å². The first-order valence-electron chi connectivity index (χ1n) is 9.91. The van der Waals surface area contributed by atoms with Crippen LogP contribution in [0, 0.1) is 13.8 Å². The maximum Gasteiger partial charge on any atom is 0.234 e. The van der Waals surface area contributed by atoms with E-state index in [9.17, 15) is 4.79 Å². The van der Waals surface area contributed by atoms with Crippen LogP contribution in [0.5, 0.6) is 11.5 Å². The molecule has 0 aliphatic rings. The first-order chi connectivity index (χ1) is 15.4. The maximum absolute atomic E-state index is 12.4. The van der Waals surface area contributed by atoms with E-state index in [0.717, 1.165) is 16.1 Å². The minimum atomic E-state index is -0.169. The standard InChI is InChI=1S/C23H25ClN4O3S/c1-5-10-28-20(13-31-17-11-15(2)22(24)16(3)12-17)26-27-23(28)32-14-21(29)25-18-8-6-7-9-19(18)30-4/h5-9,11-12H,1,10,13-14H2,2-4H3,(H,25,29). The molecule has 0 unspecified atom stereocenters. The van der Waals surface area contributed by atoms with Gasteiger partial charge in [0.25, 0.3) is 0 Å². The summed E-state index contributed by atoms with van der Waals surface area (Å²) in [6.45, 7) is 8.41. The summed E-state index contributed by atoms with van der Waals surface area (Å²) < 4.78 is 13.1. The molecule has 0 fully saturated rings. The number of aromatic nitrogens is 3. The molecule has 7 nitrogen and oxygen atoms in total. The van der Waals surface area contributed by atoms with Gasteiger partial charge in [-0.1, -0.05) is 41.6 Å². The molecule has 1 aromatic heterocycles. The monoisotopic (exact) mass is 472 g/mol. The van der Waals surface area contributed by atoms with Crippen LogP contribution in [0.2, 0.25) is 5.02 Å². The van der Waals surface area contributed by atoms with Crippen LogP contribution in [0.25, 0.3) is 0 Å². The number of allylic oxidation sites excluding steroid dienone is 1. The summed E-state index contributed by atoms with van der Waals surface area (Å²) in [5.74, 6) is 1.96. The molecule has 0 aliphatic heterocycles. The fraction of sp³-hybridized carbons (Fsp3) is 0.261. The van der Waals surface area contributed by atoms with Crippen LogP contribution in [0.4, 0.5) is 5.69 Å². The Kier molecular flexibility index (Phi) is 8.19. The molecule has 3 rings (SSSR count). The molecule has 0 saturated carbocycles. The number of benzene rings is 2. The number of nitrogens with one attached hydrogen (secondary N) is 1. The summed E-state index contributed by atoms with van der Waals surface area (Å²) in [5.41, 5.74) is 2.52. The number of nitrogens with zero attached hydrogens (tertiary/aromatic N) is 3. The molecule has 0 spiro atoms. The van der Waals surface area contributed by atoms with Crippen LogP contribution < -0.4 is 14.8 Å². The second-order valence-corrected chi connectivity index (χ2v) is 8.32. The number of amides is 1. The van der Waals surface area contributed by atoms with Crippen molar-refractivity contribution in [3.8, 4) is 11.5 Å². The second-order valence-electron chi connectivity index (χ2n) is 6.99. The van der Waals surface area contributed by atoms with E-state index in [0.29, 0.717) is 34.7 Å². The van der Waals surface area contributed by atoms with Gasteiger partial charge in [-0.05, 0) is 49.2 Å². The minimum absolute atomic E-state index is 0.169. The van der Waals surface area contributed by atoms with E-state index in [2.05, 4.69) is 22.1 Å². The van der Waals surface area contributed by atoms with E-state index in [1.807, 2.05) is 42.7 Å². The van der Waals surface area contributed by atoms with Crippen molar-refractivity contribution in [2.24, 2.45) is 0 Å². The summed E-state index contributed by atoms with van der Waals surface area (Å²) in [7, 11) is 1.56. The molecule has 2 aromatic carbocycles. The fourth-order valence-electron chi connectivity index (χ4n) is 3.05. The van der Waals surface area contributed by atoms with Crippen molar-refractivity contribution in [1.29, 1.82) is 0 Å². The highest BCUT2D eigenvalue weighted by atomic mass is 35.5. The largest absolute Gasteiger partial charge is 0.495 e. The van der Waals surface area contributed by atoms with Gasteiger partial charge < -0.3 is 14.8 Å². The van der Waals surface area contributed by atoms with Gasteiger partial charge in [0, 0.05) is 11.6 Å². The quantitative estimate of drug-likeness (QED) is 0.328. The van der Waals surface area contributed by atoms with Crippen molar-refractivity contribution >= 4 is 35.0 Å². The van der Waals surface area contributed by atoms with Crippen LogP contribution in [0.3, 0.4) is 0 Å². The predicted octanol–water partition coefficient (Wildman–Crippen LogP) is 5.05. The van der Waals surface area contributed by atoms with E-state index in [-0.39, 0.29) is 18.3 Å². The van der Waals surface area contributed by atoms with Gasteiger partial charge in [-0.2, -0.15) is 0 Å². The molecule has 0 saturated heterocycles. The predicted molar refractivity (Wildman–Crippen MR) is 128 cm³/mol. The summed E-state index contributed by atoms with van der Waals surface area (Å²) in [6.07, 6.45) is 1.75. The van der Waals surface area contributed by atoms with Gasteiger partial charge in [-0.3, -0.25) is 9.36 Å². The summed E-state index contributed by atoms with van der Waals surface area (Å²) in [6, 6.07) is 11.0. The van der Waals surface area contributed by atoms with Crippen molar-refractivity contribution in [2.75, 3.05) is 18.2 Å². The Labute approximate surface area is 196 Å². The lowest BCUT2D eigenvalue weighted by Crippen LogP contribution is -2.15. The van der Waals surface area contributed by atoms with Crippen LogP contribution in [0.15, 0.2) is 54.2 Å². The number of methoxy groups -OCH3 is 1. The molecule has 0 bridgehead atoms. The third kappa shape index (κ3) is 5.83. The number of carbonyl (C=O) groups is 1. The van der Waals surface area contributed by atoms with Crippen molar-refractivity contribution < 1.29 is 14.3 Å². The normalized spacial score (nSPS) is 10.6. The molecular formula is C23H25ClN4O3S. The van der Waals surface area contributed by atoms with Crippen LogP contribution in [-0.2, 0) is 17.9 Å². The van der Waals surface area contributed by atoms with Gasteiger partial charge in [0.1, 0.15) is 18.1 Å². The molecule has 1 amide bonds. The summed E-state index contributed by atoms with van der Waals surface area (Å²) in [5, 5.41) is 12.7. The second kappa shape index (κ2) is 11.1. The number of halogens is 1. The number of rotatable bonds is 10. The molecule has 1 heterocycles. The summed E-state index contributed by atoms with van der Waals surface area (Å²) in [4.78, 5) is 12.4. The zero-order chi connectivity index (χ0) is 23.1. The Morgan fingerprint density at radius 2 is 1.97 bits per heavy atom. The lowest BCUT2D eigenvalue weighted by Gasteiger charge is -2.11. The van der Waals surface area contributed by atoms with E-state index >= 15 is 0 Å². The lowest BCUT2D eigenvalue weighted by atomic mass is 10.1. The Bertz CT molecular complexity index is 1090. The van der Waals surface area contributed by atoms with Crippen molar-refractivity contribution in [3.63, 3.8) is 0 Å². The number of anilines is 1. The highest BCUT2D eigenvalue weighted by molar-refractivity contribution is 7.99. The zero-order valence-electron chi connectivity index (χ0n) is 18.2. The molecule has 0 radical (unpaired) electrons. The number of carbonyl (C=O) groups excluding carboxylic acids is 1. The Morgan fingerprint density at radius 1 is 1.25 bits per heavy atom. The number of aryl methyl sites for hydroxylation is 2. The molecule has 1 N–H and O–H groups in total.